The number of aliphatic hydroxyl groups is 1. The third-order valence-corrected chi connectivity index (χ3v) is 10.2. The summed E-state index contributed by atoms with van der Waals surface area (Å²) in [6, 6.07) is 32.8. The molecule has 9 nitrogen and oxygen atoms in total. The molecule has 0 radical (unpaired) electrons. The number of rotatable bonds is 11. The third-order valence-electron chi connectivity index (χ3n) is 10.2. The molecule has 4 aromatic rings. The maximum absolute atomic E-state index is 13.0. The molecule has 4 aromatic carbocycles. The summed E-state index contributed by atoms with van der Waals surface area (Å²) >= 11 is 0. The van der Waals surface area contributed by atoms with Crippen LogP contribution in [-0.4, -0.2) is 65.8 Å². The number of amides is 2. The fourth-order valence-corrected chi connectivity index (χ4v) is 7.45. The first-order valence-electron chi connectivity index (χ1n) is 18.0. The van der Waals surface area contributed by atoms with Crippen molar-refractivity contribution in [3.05, 3.63) is 120 Å². The van der Waals surface area contributed by atoms with Crippen molar-refractivity contribution in [3.63, 3.8) is 0 Å². The summed E-state index contributed by atoms with van der Waals surface area (Å²) in [6.07, 6.45) is 4.19. The zero-order chi connectivity index (χ0) is 34.3. The number of likely N-dealkylation sites (tertiary alicyclic amines) is 2. The normalized spacial score (nSPS) is 24.2. The number of urea groups is 1. The van der Waals surface area contributed by atoms with E-state index in [4.69, 9.17) is 14.2 Å². The third kappa shape index (κ3) is 8.54. The highest BCUT2D eigenvalue weighted by Gasteiger charge is 2.41. The van der Waals surface area contributed by atoms with E-state index < -0.39 is 6.29 Å². The molecule has 0 aromatic heterocycles. The van der Waals surface area contributed by atoms with Gasteiger partial charge in [0.25, 0.3) is 0 Å². The van der Waals surface area contributed by atoms with E-state index in [1.54, 1.807) is 0 Å². The van der Waals surface area contributed by atoms with Gasteiger partial charge in [-0.25, -0.2) is 4.79 Å². The quantitative estimate of drug-likeness (QED) is 0.148. The Kier molecular flexibility index (Phi) is 11.1. The number of nitrogens with zero attached hydrogens (tertiary/aromatic N) is 2. The first kappa shape index (κ1) is 34.2. The number of anilines is 2. The second kappa shape index (κ2) is 16.2. The first-order valence-corrected chi connectivity index (χ1v) is 18.0. The number of benzene rings is 4. The van der Waals surface area contributed by atoms with E-state index in [0.717, 1.165) is 42.1 Å². The number of ether oxygens (including phenoxy) is 3. The van der Waals surface area contributed by atoms with Gasteiger partial charge in [0.05, 0.1) is 18.8 Å². The van der Waals surface area contributed by atoms with Crippen LogP contribution in [0.5, 0.6) is 11.5 Å². The van der Waals surface area contributed by atoms with E-state index in [0.29, 0.717) is 23.2 Å². The second-order valence-electron chi connectivity index (χ2n) is 13.8. The van der Waals surface area contributed by atoms with Crippen molar-refractivity contribution in [2.75, 3.05) is 43.4 Å². The second-order valence-corrected chi connectivity index (χ2v) is 13.8. The molecule has 5 unspecified atom stereocenters. The van der Waals surface area contributed by atoms with Gasteiger partial charge in [-0.05, 0) is 105 Å². The number of carbonyl (C=O) groups excluding carboxylic acids is 1. The van der Waals surface area contributed by atoms with Crippen molar-refractivity contribution in [1.82, 2.24) is 9.80 Å². The van der Waals surface area contributed by atoms with Crippen LogP contribution in [0.1, 0.15) is 61.7 Å². The summed E-state index contributed by atoms with van der Waals surface area (Å²) in [4.78, 5) is 18.3. The minimum atomic E-state index is -0.611. The Balaban J connectivity index is 1.04. The molecule has 7 rings (SSSR count). The van der Waals surface area contributed by atoms with Gasteiger partial charge in [0, 0.05) is 42.0 Å². The van der Waals surface area contributed by atoms with Crippen LogP contribution in [0, 0.1) is 5.92 Å². The number of aliphatic hydroxyl groups excluding tert-OH is 1. The number of para-hydroxylation sites is 1. The minimum Gasteiger partial charge on any atom is -0.457 e. The Labute approximate surface area is 295 Å². The van der Waals surface area contributed by atoms with Gasteiger partial charge in [0.2, 0.25) is 0 Å². The van der Waals surface area contributed by atoms with Crippen LogP contribution >= 0.6 is 0 Å². The minimum absolute atomic E-state index is 0.00440. The Hall–Kier alpha value is -4.25. The molecule has 262 valence electrons. The van der Waals surface area contributed by atoms with Gasteiger partial charge in [0.15, 0.2) is 6.29 Å². The number of nitrogens with one attached hydrogen (secondary N) is 2. The highest BCUT2D eigenvalue weighted by atomic mass is 16.7. The lowest BCUT2D eigenvalue weighted by molar-refractivity contribution is -0.276. The van der Waals surface area contributed by atoms with Gasteiger partial charge in [0.1, 0.15) is 11.5 Å². The van der Waals surface area contributed by atoms with Crippen LogP contribution in [0.2, 0.25) is 0 Å². The summed E-state index contributed by atoms with van der Waals surface area (Å²) < 4.78 is 19.4. The van der Waals surface area contributed by atoms with Crippen LogP contribution in [0.15, 0.2) is 103 Å². The van der Waals surface area contributed by atoms with Crippen molar-refractivity contribution < 1.29 is 24.1 Å². The molecular weight excluding hydrogens is 628 g/mol. The topological polar surface area (TPSA) is 95.5 Å². The van der Waals surface area contributed by atoms with Crippen LogP contribution in [0.3, 0.4) is 0 Å². The molecule has 2 amide bonds. The summed E-state index contributed by atoms with van der Waals surface area (Å²) in [6.45, 7) is 7.71. The van der Waals surface area contributed by atoms with E-state index in [-0.39, 0.29) is 30.8 Å². The number of carbonyl (C=O) groups is 1. The van der Waals surface area contributed by atoms with Gasteiger partial charge in [-0.15, -0.1) is 0 Å². The molecule has 0 bridgehead atoms. The highest BCUT2D eigenvalue weighted by Crippen LogP contribution is 2.42. The maximum Gasteiger partial charge on any atom is 0.323 e. The Bertz CT molecular complexity index is 1680. The van der Waals surface area contributed by atoms with E-state index in [2.05, 4.69) is 39.5 Å². The van der Waals surface area contributed by atoms with Crippen LogP contribution in [0.25, 0.3) is 0 Å². The Morgan fingerprint density at radius 2 is 1.52 bits per heavy atom. The SMILES string of the molecule is CC1C(CN2CCCC2CN2CCCC2)OC(c2cccc(NC(=O)Nc3ccc(Oc4ccccc4)cc3)c2)OC1c1ccc(CO)cc1. The standard InChI is InChI=1S/C41H48N4O5/c1-29-38(27-45-24-8-11-35(45)26-44-22-5-6-23-44)49-40(50-39(29)31-16-14-30(28-46)15-17-31)32-9-7-10-34(25-32)43-41(47)42-33-18-20-37(21-19-33)48-36-12-3-2-4-13-36/h2-4,7,9-10,12-21,25,29,35,38-40,46H,5-6,8,11,22-24,26-28H2,1H3,(H2,42,43,47). The Morgan fingerprint density at radius 1 is 0.780 bits per heavy atom. The molecule has 3 saturated heterocycles. The highest BCUT2D eigenvalue weighted by molar-refractivity contribution is 5.99. The van der Waals surface area contributed by atoms with E-state index >= 15 is 0 Å². The first-order chi connectivity index (χ1) is 24.5. The van der Waals surface area contributed by atoms with Gasteiger partial charge in [-0.1, -0.05) is 61.5 Å². The smallest absolute Gasteiger partial charge is 0.323 e. The lowest BCUT2D eigenvalue weighted by atomic mass is 9.90. The molecule has 0 saturated carbocycles. The van der Waals surface area contributed by atoms with Gasteiger partial charge < -0.3 is 34.9 Å². The van der Waals surface area contributed by atoms with E-state index in [1.165, 1.54) is 38.8 Å². The fraction of sp³-hybridized carbons (Fsp3) is 0.390. The fourth-order valence-electron chi connectivity index (χ4n) is 7.45. The average Bonchev–Trinajstić information content (AvgIpc) is 3.83. The summed E-state index contributed by atoms with van der Waals surface area (Å²) in [5.41, 5.74) is 4.07. The lowest BCUT2D eigenvalue weighted by Crippen LogP contribution is -2.48. The molecule has 3 heterocycles. The largest absolute Gasteiger partial charge is 0.457 e. The summed E-state index contributed by atoms with van der Waals surface area (Å²) in [5, 5.41) is 15.5. The van der Waals surface area contributed by atoms with Crippen molar-refractivity contribution in [3.8, 4) is 11.5 Å². The number of hydrogen-bond donors (Lipinski definition) is 3. The molecule has 0 aliphatic carbocycles. The molecule has 3 N–H and O–H groups in total. The lowest BCUT2D eigenvalue weighted by Gasteiger charge is -2.43. The van der Waals surface area contributed by atoms with Crippen molar-refractivity contribution in [1.29, 1.82) is 0 Å². The Morgan fingerprint density at radius 3 is 2.28 bits per heavy atom. The zero-order valence-corrected chi connectivity index (χ0v) is 28.7. The predicted molar refractivity (Wildman–Crippen MR) is 195 cm³/mol. The van der Waals surface area contributed by atoms with Crippen molar-refractivity contribution in [2.24, 2.45) is 5.92 Å². The summed E-state index contributed by atoms with van der Waals surface area (Å²) in [5.74, 6) is 1.54. The van der Waals surface area contributed by atoms with Crippen LogP contribution < -0.4 is 15.4 Å². The monoisotopic (exact) mass is 676 g/mol. The van der Waals surface area contributed by atoms with E-state index in [1.807, 2.05) is 91.0 Å². The molecular formula is C41H48N4O5. The number of hydrogen-bond acceptors (Lipinski definition) is 7. The molecule has 9 heteroatoms. The van der Waals surface area contributed by atoms with Gasteiger partial charge >= 0.3 is 6.03 Å². The van der Waals surface area contributed by atoms with Crippen LogP contribution in [0.4, 0.5) is 16.2 Å². The average molecular weight is 677 g/mol. The molecule has 0 spiro atoms. The van der Waals surface area contributed by atoms with Gasteiger partial charge in [-0.3, -0.25) is 4.90 Å². The molecule has 3 aliphatic rings. The molecule has 5 atom stereocenters. The van der Waals surface area contributed by atoms with Gasteiger partial charge in [-0.2, -0.15) is 0 Å². The molecule has 3 fully saturated rings. The maximum atomic E-state index is 13.0. The summed E-state index contributed by atoms with van der Waals surface area (Å²) in [7, 11) is 0. The zero-order valence-electron chi connectivity index (χ0n) is 28.7. The molecule has 50 heavy (non-hydrogen) atoms. The van der Waals surface area contributed by atoms with Crippen molar-refractivity contribution in [2.45, 2.75) is 63.8 Å². The van der Waals surface area contributed by atoms with Crippen molar-refractivity contribution >= 4 is 17.4 Å². The van der Waals surface area contributed by atoms with E-state index in [9.17, 15) is 9.90 Å². The van der Waals surface area contributed by atoms with Crippen LogP contribution in [-0.2, 0) is 16.1 Å². The molecule has 3 aliphatic heterocycles. The predicted octanol–water partition coefficient (Wildman–Crippen LogP) is 7.97.